The minimum absolute atomic E-state index is 0.0119. The molecule has 3 fully saturated rings. The van der Waals surface area contributed by atoms with E-state index in [0.29, 0.717) is 132 Å². The molecule has 24 nitrogen and oxygen atoms in total. The van der Waals surface area contributed by atoms with E-state index in [9.17, 15) is 28.8 Å². The molecule has 5 atom stereocenters. The summed E-state index contributed by atoms with van der Waals surface area (Å²) in [6, 6.07) is 22.3. The Morgan fingerprint density at radius 1 is 0.415 bits per heavy atom. The molecule has 6 N–H and O–H groups in total. The molecule has 0 aliphatic heterocycles. The SMILES string of the molecule is CCC(C)Cn1nc(C(=O)N[C@H](CC(=O)NC2CC2)CC(C)C)cc1-c1c(OC)cccc1OC.CCC(CC)Cn1nc(C(=O)N[C@H](CC(=O)NC2CC2)CC(C)C)cc1-c1c(OC)cccc1OC.COc1cccc(OC)c1-c1cc(C(=O)N[C@H](CC(=O)NC2CC2)CC(C)C)nn1C(C)C(C)C. The normalized spacial score (nSPS) is 14.7. The van der Waals surface area contributed by atoms with Gasteiger partial charge in [-0.25, -0.2) is 0 Å². The summed E-state index contributed by atoms with van der Waals surface area (Å²) in [7, 11) is 9.70. The van der Waals surface area contributed by atoms with Gasteiger partial charge in [-0.3, -0.25) is 42.8 Å². The fraction of sp³-hybridized carbons (Fsp3) is 0.598. The van der Waals surface area contributed by atoms with Crippen LogP contribution in [0, 0.1) is 35.5 Å². The topological polar surface area (TPSA) is 283 Å². The Morgan fingerprint density at radius 3 is 0.981 bits per heavy atom. The zero-order valence-corrected chi connectivity index (χ0v) is 66.5. The summed E-state index contributed by atoms with van der Waals surface area (Å²) in [4.78, 5) is 77.4. The molecule has 6 amide bonds. The second-order valence-corrected chi connectivity index (χ2v) is 30.4. The first kappa shape index (κ1) is 84.2. The van der Waals surface area contributed by atoms with Gasteiger partial charge in [-0.05, 0) is 155 Å². The number of nitrogens with zero attached hydrogens (tertiary/aromatic N) is 6. The lowest BCUT2D eigenvalue weighted by atomic mass is 10.0. The molecule has 582 valence electrons. The summed E-state index contributed by atoms with van der Waals surface area (Å²) >= 11 is 0. The van der Waals surface area contributed by atoms with Crippen LogP contribution >= 0.6 is 0 Å². The summed E-state index contributed by atoms with van der Waals surface area (Å²) in [5.74, 6) is 5.07. The molecule has 6 aromatic rings. The van der Waals surface area contributed by atoms with E-state index >= 15 is 0 Å². The monoisotopic (exact) mass is 1470 g/mol. The van der Waals surface area contributed by atoms with Gasteiger partial charge in [0.05, 0.1) is 82.5 Å². The van der Waals surface area contributed by atoms with Crippen molar-refractivity contribution in [1.29, 1.82) is 0 Å². The van der Waals surface area contributed by atoms with Crippen LogP contribution in [0.1, 0.15) is 224 Å². The third-order valence-corrected chi connectivity index (χ3v) is 19.6. The zero-order chi connectivity index (χ0) is 77.5. The number of carbonyl (C=O) groups is 6. The van der Waals surface area contributed by atoms with Crippen molar-refractivity contribution in [1.82, 2.24) is 61.2 Å². The summed E-state index contributed by atoms with van der Waals surface area (Å²) in [6.45, 7) is 28.8. The number of amides is 6. The maximum atomic E-state index is 13.4. The number of benzene rings is 3. The molecule has 0 radical (unpaired) electrons. The number of hydrogen-bond acceptors (Lipinski definition) is 15. The van der Waals surface area contributed by atoms with Crippen molar-refractivity contribution >= 4 is 35.4 Å². The number of ether oxygens (including phenoxy) is 6. The molecule has 3 aliphatic rings. The van der Waals surface area contributed by atoms with Gasteiger partial charge in [-0.2, -0.15) is 15.3 Å². The number of aromatic nitrogens is 6. The van der Waals surface area contributed by atoms with Crippen molar-refractivity contribution in [2.75, 3.05) is 42.7 Å². The third kappa shape index (κ3) is 24.7. The number of nitrogens with one attached hydrogen (secondary N) is 6. The van der Waals surface area contributed by atoms with Crippen LogP contribution in [-0.4, -0.2) is 144 Å². The number of methoxy groups -OCH3 is 6. The van der Waals surface area contributed by atoms with Crippen molar-refractivity contribution in [3.63, 3.8) is 0 Å². The average Bonchev–Trinajstić information content (AvgIpc) is 1.61. The van der Waals surface area contributed by atoms with Crippen LogP contribution in [0.5, 0.6) is 34.5 Å². The molecule has 3 saturated carbocycles. The zero-order valence-electron chi connectivity index (χ0n) is 66.5. The van der Waals surface area contributed by atoms with Gasteiger partial charge in [0.15, 0.2) is 17.1 Å². The molecule has 106 heavy (non-hydrogen) atoms. The molecule has 0 bridgehead atoms. The minimum Gasteiger partial charge on any atom is -0.496 e. The molecule has 24 heteroatoms. The van der Waals surface area contributed by atoms with Crippen LogP contribution in [0.3, 0.4) is 0 Å². The molecule has 3 aromatic heterocycles. The Labute approximate surface area is 629 Å². The maximum absolute atomic E-state index is 13.4. The second-order valence-electron chi connectivity index (χ2n) is 30.4. The van der Waals surface area contributed by atoms with E-state index in [1.807, 2.05) is 68.6 Å². The Morgan fingerprint density at radius 2 is 0.708 bits per heavy atom. The molecule has 0 saturated heterocycles. The van der Waals surface area contributed by atoms with Gasteiger partial charge in [-0.15, -0.1) is 0 Å². The van der Waals surface area contributed by atoms with Crippen LogP contribution in [0.15, 0.2) is 72.8 Å². The molecular weight excluding hydrogens is 1340 g/mol. The average molecular weight is 1470 g/mol. The van der Waals surface area contributed by atoms with Crippen molar-refractivity contribution in [2.24, 2.45) is 35.5 Å². The van der Waals surface area contributed by atoms with Crippen LogP contribution in [0.2, 0.25) is 0 Å². The summed E-state index contributed by atoms with van der Waals surface area (Å²) in [6.07, 6.45) is 12.1. The van der Waals surface area contributed by atoms with E-state index in [1.54, 1.807) is 60.9 Å². The third-order valence-electron chi connectivity index (χ3n) is 19.6. The first-order valence-electron chi connectivity index (χ1n) is 38.4. The molecular formula is C82H122N12O12. The molecule has 3 aliphatic carbocycles. The van der Waals surface area contributed by atoms with Crippen molar-refractivity contribution in [3.05, 3.63) is 89.9 Å². The highest BCUT2D eigenvalue weighted by atomic mass is 16.5. The molecule has 0 spiro atoms. The number of hydrogen-bond donors (Lipinski definition) is 6. The van der Waals surface area contributed by atoms with E-state index in [1.165, 1.54) is 0 Å². The molecule has 2 unspecified atom stereocenters. The largest absolute Gasteiger partial charge is 0.496 e. The smallest absolute Gasteiger partial charge is 0.272 e. The highest BCUT2D eigenvalue weighted by molar-refractivity contribution is 5.96. The van der Waals surface area contributed by atoms with Gasteiger partial charge in [0.1, 0.15) is 34.5 Å². The second kappa shape index (κ2) is 40.6. The lowest BCUT2D eigenvalue weighted by molar-refractivity contribution is -0.122. The van der Waals surface area contributed by atoms with E-state index in [2.05, 4.69) is 127 Å². The maximum Gasteiger partial charge on any atom is 0.272 e. The summed E-state index contributed by atoms with van der Waals surface area (Å²) in [5, 5.41) is 32.4. The molecule has 9 rings (SSSR count). The fourth-order valence-corrected chi connectivity index (χ4v) is 12.8. The van der Waals surface area contributed by atoms with E-state index in [4.69, 9.17) is 38.6 Å². The Bertz CT molecular complexity index is 3770. The number of carbonyl (C=O) groups excluding carboxylic acids is 6. The van der Waals surface area contributed by atoms with Gasteiger partial charge in [0, 0.05) is 68.6 Å². The van der Waals surface area contributed by atoms with Gasteiger partial charge < -0.3 is 60.3 Å². The predicted octanol–water partition coefficient (Wildman–Crippen LogP) is 13.8. The van der Waals surface area contributed by atoms with Gasteiger partial charge in [-0.1, -0.05) is 121 Å². The first-order chi connectivity index (χ1) is 50.7. The summed E-state index contributed by atoms with van der Waals surface area (Å²) < 4.78 is 39.4. The van der Waals surface area contributed by atoms with E-state index < -0.39 is 0 Å². The lowest BCUT2D eigenvalue weighted by Crippen LogP contribution is -2.40. The van der Waals surface area contributed by atoms with Crippen LogP contribution in [0.25, 0.3) is 33.8 Å². The van der Waals surface area contributed by atoms with E-state index in [0.717, 1.165) is 91.6 Å². The highest BCUT2D eigenvalue weighted by Gasteiger charge is 2.33. The number of rotatable bonds is 39. The molecule has 3 aromatic carbocycles. The molecule has 3 heterocycles. The van der Waals surface area contributed by atoms with Crippen molar-refractivity contribution in [3.8, 4) is 68.3 Å². The fourth-order valence-electron chi connectivity index (χ4n) is 12.8. The quantitative estimate of drug-likeness (QED) is 0.0209. The Balaban J connectivity index is 0.000000222. The Kier molecular flexibility index (Phi) is 32.2. The minimum atomic E-state index is -0.292. The van der Waals surface area contributed by atoms with Crippen LogP contribution < -0.4 is 60.3 Å². The Hall–Kier alpha value is -9.09. The van der Waals surface area contributed by atoms with Gasteiger partial charge in [0.2, 0.25) is 17.7 Å². The predicted molar refractivity (Wildman–Crippen MR) is 415 cm³/mol. The highest BCUT2D eigenvalue weighted by Crippen LogP contribution is 2.43. The van der Waals surface area contributed by atoms with Crippen molar-refractivity contribution < 1.29 is 57.2 Å². The summed E-state index contributed by atoms with van der Waals surface area (Å²) in [5.41, 5.74) is 5.49. The van der Waals surface area contributed by atoms with Crippen LogP contribution in [-0.2, 0) is 27.5 Å². The van der Waals surface area contributed by atoms with Crippen molar-refractivity contribution in [2.45, 2.75) is 242 Å². The van der Waals surface area contributed by atoms with Crippen LogP contribution in [0.4, 0.5) is 0 Å². The lowest BCUT2D eigenvalue weighted by Gasteiger charge is -2.21. The first-order valence-corrected chi connectivity index (χ1v) is 38.4. The standard InChI is InChI=1S/C28H42N4O4.2C27H40N4O4/c1-7-19(8-2)17-32-23(27-24(35-5)10-9-11-25(27)36-6)16-22(31-32)28(34)30-21(14-18(3)4)15-26(33)29-20-12-13-20;1-16(2)13-20(14-25(32)28-19-11-12-19)29-27(33)21-15-22(31(30-21)18(5)17(3)4)26-23(34-6)9-8-10-24(26)35-7;1-7-18(4)16-31-22(26-23(34-5)9-8-10-24(26)35-6)15-21(30-31)27(33)29-20(13-17(2)3)14-25(32)28-19-11-12-19/h9-11,16,18-21H,7-8,12-15,17H2,1-6H3,(H,29,33)(H,30,34);8-10,15-20H,11-14H2,1-7H3,(H,28,32)(H,29,33);8-10,15,17-20H,7,11-14,16H2,1-6H3,(H,28,32)(H,29,33)/t21-;2*18?,20-/m000/s1. The van der Waals surface area contributed by atoms with E-state index in [-0.39, 0.29) is 84.8 Å². The van der Waals surface area contributed by atoms with Gasteiger partial charge >= 0.3 is 0 Å². The van der Waals surface area contributed by atoms with Gasteiger partial charge in [0.25, 0.3) is 17.7 Å².